The van der Waals surface area contributed by atoms with Crippen molar-refractivity contribution >= 4 is 22.8 Å². The fraction of sp³-hybridized carbons (Fsp3) is 0.154. The van der Waals surface area contributed by atoms with Crippen molar-refractivity contribution in [2.75, 3.05) is 12.4 Å². The SMILES string of the molecule is O=c1[nH]c(SCCO)nc2c1cnn2-c1ccccc1. The first-order chi connectivity index (χ1) is 9.79. The lowest BCUT2D eigenvalue weighted by Gasteiger charge is -2.03. The maximum Gasteiger partial charge on any atom is 0.262 e. The highest BCUT2D eigenvalue weighted by Gasteiger charge is 2.11. The first-order valence-electron chi connectivity index (χ1n) is 6.07. The number of para-hydroxylation sites is 1. The van der Waals surface area contributed by atoms with Crippen LogP contribution in [0.3, 0.4) is 0 Å². The minimum atomic E-state index is -0.224. The van der Waals surface area contributed by atoms with Crippen LogP contribution >= 0.6 is 11.8 Å². The van der Waals surface area contributed by atoms with Crippen LogP contribution in [-0.4, -0.2) is 37.2 Å². The molecule has 0 bridgehead atoms. The predicted molar refractivity (Wildman–Crippen MR) is 77.3 cm³/mol. The highest BCUT2D eigenvalue weighted by Crippen LogP contribution is 2.17. The Morgan fingerprint density at radius 2 is 2.10 bits per heavy atom. The first kappa shape index (κ1) is 12.9. The normalized spacial score (nSPS) is 11.1. The number of nitrogens with one attached hydrogen (secondary N) is 1. The second kappa shape index (κ2) is 5.48. The largest absolute Gasteiger partial charge is 0.396 e. The molecule has 2 aromatic heterocycles. The van der Waals surface area contributed by atoms with Gasteiger partial charge in [-0.15, -0.1) is 0 Å². The number of aromatic nitrogens is 4. The van der Waals surface area contributed by atoms with Crippen LogP contribution < -0.4 is 5.56 Å². The molecule has 0 aliphatic heterocycles. The molecule has 1 aromatic carbocycles. The van der Waals surface area contributed by atoms with Crippen LogP contribution in [0.5, 0.6) is 0 Å². The Bertz CT molecular complexity index is 782. The Hall–Kier alpha value is -2.12. The van der Waals surface area contributed by atoms with Gasteiger partial charge < -0.3 is 10.1 Å². The monoisotopic (exact) mass is 288 g/mol. The number of aromatic amines is 1. The topological polar surface area (TPSA) is 83.8 Å². The van der Waals surface area contributed by atoms with Gasteiger partial charge in [-0.3, -0.25) is 4.79 Å². The number of nitrogens with zero attached hydrogens (tertiary/aromatic N) is 3. The number of fused-ring (bicyclic) bond motifs is 1. The van der Waals surface area contributed by atoms with E-state index in [-0.39, 0.29) is 12.2 Å². The molecule has 0 fully saturated rings. The molecule has 0 aliphatic rings. The summed E-state index contributed by atoms with van der Waals surface area (Å²) in [6.45, 7) is 0.0321. The van der Waals surface area contributed by atoms with E-state index in [1.807, 2.05) is 30.3 Å². The molecule has 0 radical (unpaired) electrons. The molecule has 20 heavy (non-hydrogen) atoms. The second-order valence-electron chi connectivity index (χ2n) is 4.07. The molecular weight excluding hydrogens is 276 g/mol. The number of thioether (sulfide) groups is 1. The third kappa shape index (κ3) is 2.33. The molecule has 6 nitrogen and oxygen atoms in total. The number of aliphatic hydroxyl groups is 1. The van der Waals surface area contributed by atoms with Crippen molar-refractivity contribution in [3.05, 3.63) is 46.9 Å². The van der Waals surface area contributed by atoms with Crippen molar-refractivity contribution in [3.8, 4) is 5.69 Å². The van der Waals surface area contributed by atoms with Crippen molar-refractivity contribution in [2.24, 2.45) is 0 Å². The molecule has 102 valence electrons. The van der Waals surface area contributed by atoms with Crippen LogP contribution in [-0.2, 0) is 0 Å². The summed E-state index contributed by atoms with van der Waals surface area (Å²) in [6, 6.07) is 9.51. The van der Waals surface area contributed by atoms with E-state index in [9.17, 15) is 4.79 Å². The lowest BCUT2D eigenvalue weighted by molar-refractivity contribution is 0.322. The lowest BCUT2D eigenvalue weighted by atomic mass is 10.3. The predicted octanol–water partition coefficient (Wildman–Crippen LogP) is 1.19. The summed E-state index contributed by atoms with van der Waals surface area (Å²) >= 11 is 1.30. The zero-order valence-electron chi connectivity index (χ0n) is 10.5. The number of rotatable bonds is 4. The molecule has 3 rings (SSSR count). The van der Waals surface area contributed by atoms with Gasteiger partial charge in [0.05, 0.1) is 18.5 Å². The van der Waals surface area contributed by atoms with E-state index in [0.29, 0.717) is 21.9 Å². The highest BCUT2D eigenvalue weighted by atomic mass is 32.2. The molecule has 0 unspecified atom stereocenters. The van der Waals surface area contributed by atoms with Crippen LogP contribution in [0.15, 0.2) is 46.5 Å². The molecule has 0 saturated heterocycles. The zero-order chi connectivity index (χ0) is 13.9. The Morgan fingerprint density at radius 1 is 1.30 bits per heavy atom. The summed E-state index contributed by atoms with van der Waals surface area (Å²) < 4.78 is 1.63. The zero-order valence-corrected chi connectivity index (χ0v) is 11.3. The maximum atomic E-state index is 12.0. The van der Waals surface area contributed by atoms with Crippen molar-refractivity contribution in [1.29, 1.82) is 0 Å². The number of H-pyrrole nitrogens is 1. The third-order valence-corrected chi connectivity index (χ3v) is 3.60. The van der Waals surface area contributed by atoms with E-state index in [4.69, 9.17) is 5.11 Å². The van der Waals surface area contributed by atoms with Gasteiger partial charge in [0.2, 0.25) is 0 Å². The quantitative estimate of drug-likeness (QED) is 0.556. The Balaban J connectivity index is 2.15. The van der Waals surface area contributed by atoms with E-state index >= 15 is 0 Å². The van der Waals surface area contributed by atoms with Gasteiger partial charge in [0, 0.05) is 5.75 Å². The molecule has 0 amide bonds. The summed E-state index contributed by atoms with van der Waals surface area (Å²) in [6.07, 6.45) is 1.51. The first-order valence-corrected chi connectivity index (χ1v) is 7.05. The Morgan fingerprint density at radius 3 is 2.85 bits per heavy atom. The summed E-state index contributed by atoms with van der Waals surface area (Å²) in [5, 5.41) is 14.0. The van der Waals surface area contributed by atoms with Crippen LogP contribution in [0.25, 0.3) is 16.7 Å². The van der Waals surface area contributed by atoms with Crippen LogP contribution in [0, 0.1) is 0 Å². The smallest absolute Gasteiger partial charge is 0.262 e. The van der Waals surface area contributed by atoms with Gasteiger partial charge in [0.15, 0.2) is 10.8 Å². The summed E-state index contributed by atoms with van der Waals surface area (Å²) in [5.74, 6) is 0.480. The standard InChI is InChI=1S/C13H12N4O2S/c18-6-7-20-13-15-11-10(12(19)16-13)8-14-17(11)9-4-2-1-3-5-9/h1-5,8,18H,6-7H2,(H,15,16,19). The van der Waals surface area contributed by atoms with Gasteiger partial charge in [-0.2, -0.15) is 5.10 Å². The molecule has 7 heteroatoms. The molecule has 0 atom stereocenters. The number of benzene rings is 1. The van der Waals surface area contributed by atoms with Gasteiger partial charge in [-0.1, -0.05) is 30.0 Å². The van der Waals surface area contributed by atoms with Crippen molar-refractivity contribution in [3.63, 3.8) is 0 Å². The van der Waals surface area contributed by atoms with Gasteiger partial charge in [-0.05, 0) is 12.1 Å². The minimum absolute atomic E-state index is 0.0321. The highest BCUT2D eigenvalue weighted by molar-refractivity contribution is 7.99. The van der Waals surface area contributed by atoms with E-state index in [1.54, 1.807) is 4.68 Å². The van der Waals surface area contributed by atoms with Crippen molar-refractivity contribution in [1.82, 2.24) is 19.7 Å². The van der Waals surface area contributed by atoms with E-state index in [0.717, 1.165) is 5.69 Å². The molecule has 0 aliphatic carbocycles. The molecule has 0 spiro atoms. The molecule has 3 aromatic rings. The van der Waals surface area contributed by atoms with Crippen molar-refractivity contribution < 1.29 is 5.11 Å². The van der Waals surface area contributed by atoms with E-state index in [1.165, 1.54) is 18.0 Å². The number of hydrogen-bond acceptors (Lipinski definition) is 5. The average molecular weight is 288 g/mol. The summed E-state index contributed by atoms with van der Waals surface area (Å²) in [7, 11) is 0. The summed E-state index contributed by atoms with van der Waals surface area (Å²) in [5.41, 5.74) is 1.14. The second-order valence-corrected chi connectivity index (χ2v) is 5.16. The number of hydrogen-bond donors (Lipinski definition) is 2. The third-order valence-electron chi connectivity index (χ3n) is 2.75. The molecule has 2 heterocycles. The van der Waals surface area contributed by atoms with Crippen LogP contribution in [0.2, 0.25) is 0 Å². The van der Waals surface area contributed by atoms with Gasteiger partial charge in [0.25, 0.3) is 5.56 Å². The fourth-order valence-electron chi connectivity index (χ4n) is 1.87. The van der Waals surface area contributed by atoms with Crippen molar-refractivity contribution in [2.45, 2.75) is 5.16 Å². The molecule has 0 saturated carbocycles. The van der Waals surface area contributed by atoms with Crippen LogP contribution in [0.4, 0.5) is 0 Å². The Labute approximate surface area is 118 Å². The maximum absolute atomic E-state index is 12.0. The van der Waals surface area contributed by atoms with E-state index in [2.05, 4.69) is 15.1 Å². The van der Waals surface area contributed by atoms with E-state index < -0.39 is 0 Å². The van der Waals surface area contributed by atoms with Gasteiger partial charge in [0.1, 0.15) is 5.39 Å². The summed E-state index contributed by atoms with van der Waals surface area (Å²) in [4.78, 5) is 19.1. The average Bonchev–Trinajstić information content (AvgIpc) is 2.90. The Kier molecular flexibility index (Phi) is 3.53. The van der Waals surface area contributed by atoms with Gasteiger partial charge in [-0.25, -0.2) is 9.67 Å². The minimum Gasteiger partial charge on any atom is -0.396 e. The van der Waals surface area contributed by atoms with Crippen LogP contribution in [0.1, 0.15) is 0 Å². The fourth-order valence-corrected chi connectivity index (χ4v) is 2.47. The van der Waals surface area contributed by atoms with Gasteiger partial charge >= 0.3 is 0 Å². The number of aliphatic hydroxyl groups excluding tert-OH is 1. The molecular formula is C13H12N4O2S. The molecule has 2 N–H and O–H groups in total. The lowest BCUT2D eigenvalue weighted by Crippen LogP contribution is -2.10.